The van der Waals surface area contributed by atoms with Crippen LogP contribution in [0.2, 0.25) is 0 Å². The highest BCUT2D eigenvalue weighted by Crippen LogP contribution is 1.99. The second-order valence-electron chi connectivity index (χ2n) is 3.69. The van der Waals surface area contributed by atoms with Gasteiger partial charge in [0.1, 0.15) is 0 Å². The van der Waals surface area contributed by atoms with E-state index in [4.69, 9.17) is 22.9 Å². The Morgan fingerprint density at radius 1 is 1.22 bits per heavy atom. The van der Waals surface area contributed by atoms with Crippen molar-refractivity contribution in [2.45, 2.75) is 25.3 Å². The molecular weight excluding hydrogens is 258 g/mol. The lowest BCUT2D eigenvalue weighted by Gasteiger charge is -2.12. The molecule has 108 valence electrons. The average molecular weight is 282 g/mol. The van der Waals surface area contributed by atoms with E-state index in [-0.39, 0.29) is 24.3 Å². The third-order valence-corrected chi connectivity index (χ3v) is 2.15. The first-order valence-electron chi connectivity index (χ1n) is 5.73. The molecule has 0 saturated carbocycles. The van der Waals surface area contributed by atoms with Crippen molar-refractivity contribution in [3.8, 4) is 0 Å². The molecule has 0 aromatic rings. The number of nitrogens with zero attached hydrogens (tertiary/aromatic N) is 1. The van der Waals surface area contributed by atoms with Crippen LogP contribution in [-0.4, -0.2) is 37.5 Å². The molecule has 0 aromatic heterocycles. The van der Waals surface area contributed by atoms with Gasteiger partial charge in [0.15, 0.2) is 6.04 Å². The van der Waals surface area contributed by atoms with Crippen molar-refractivity contribution >= 4 is 11.9 Å². The summed E-state index contributed by atoms with van der Waals surface area (Å²) in [4.78, 5) is 11.8. The van der Waals surface area contributed by atoms with E-state index < -0.39 is 6.04 Å². The fraction of sp³-hybridized carbons (Fsp3) is 0.778. The van der Waals surface area contributed by atoms with Gasteiger partial charge in [0.25, 0.3) is 0 Å². The fourth-order valence-electron chi connectivity index (χ4n) is 1.28. The summed E-state index contributed by atoms with van der Waals surface area (Å²) in [5, 5.41) is 5.21. The quantitative estimate of drug-likeness (QED) is 0.106. The minimum Gasteiger partial charge on any atom is -1.00 e. The number of unbranched alkanes of at least 4 members (excludes halogenated alkanes) is 1. The Kier molecular flexibility index (Phi) is 13.2. The Morgan fingerprint density at radius 2 is 1.89 bits per heavy atom. The first-order valence-corrected chi connectivity index (χ1v) is 5.73. The van der Waals surface area contributed by atoms with Crippen molar-refractivity contribution in [3.63, 3.8) is 0 Å². The zero-order valence-electron chi connectivity index (χ0n) is 10.4. The Morgan fingerprint density at radius 3 is 2.39 bits per heavy atom. The molecule has 0 aromatic carbocycles. The standard InChI is InChI=1S/C9H23N7O.ClH/c10-4-2-1-3-7(15-16-9(12)13)8(17)14-6-5-11;/h7,15H,1-6,10-11H2,(H,14,17)(H4,12,13,16);1H/t7-;/m0./s1. The molecule has 0 fully saturated rings. The number of guanidine groups is 1. The second-order valence-corrected chi connectivity index (χ2v) is 3.69. The van der Waals surface area contributed by atoms with Crippen LogP contribution >= 0.6 is 0 Å². The van der Waals surface area contributed by atoms with E-state index in [0.29, 0.717) is 26.1 Å². The summed E-state index contributed by atoms with van der Waals surface area (Å²) in [5.41, 5.74) is 23.8. The summed E-state index contributed by atoms with van der Waals surface area (Å²) < 4.78 is 0. The van der Waals surface area contributed by atoms with E-state index in [9.17, 15) is 4.79 Å². The van der Waals surface area contributed by atoms with Gasteiger partial charge in [-0.3, -0.25) is 10.7 Å². The zero-order valence-corrected chi connectivity index (χ0v) is 11.2. The summed E-state index contributed by atoms with van der Waals surface area (Å²) in [5.74, 6) is -0.141. The average Bonchev–Trinajstić information content (AvgIpc) is 2.30. The van der Waals surface area contributed by atoms with Gasteiger partial charge in [-0.15, -0.1) is 5.10 Å². The number of carbonyl (C=O) groups excluding carboxylic acids is 1. The number of hydrazone groups is 1. The van der Waals surface area contributed by atoms with Gasteiger partial charge in [0, 0.05) is 6.54 Å². The number of hydrogen-bond donors (Lipinski definition) is 6. The Labute approximate surface area is 113 Å². The molecule has 1 amide bonds. The van der Waals surface area contributed by atoms with E-state index in [1.54, 1.807) is 5.32 Å². The van der Waals surface area contributed by atoms with Crippen LogP contribution in [-0.2, 0) is 4.79 Å². The van der Waals surface area contributed by atoms with Crippen LogP contribution in [0.1, 0.15) is 19.3 Å². The normalized spacial score (nSPS) is 11.2. The van der Waals surface area contributed by atoms with Crippen molar-refractivity contribution in [1.29, 1.82) is 0 Å². The van der Waals surface area contributed by atoms with Crippen LogP contribution in [0.25, 0.3) is 0 Å². The topological polar surface area (TPSA) is 162 Å². The van der Waals surface area contributed by atoms with Gasteiger partial charge in [0.05, 0.1) is 6.54 Å². The van der Waals surface area contributed by atoms with Gasteiger partial charge < -0.3 is 35.3 Å². The lowest BCUT2D eigenvalue weighted by molar-refractivity contribution is -0.567. The third-order valence-electron chi connectivity index (χ3n) is 2.15. The molecule has 0 rings (SSSR count). The predicted molar refractivity (Wildman–Crippen MR) is 66.5 cm³/mol. The summed E-state index contributed by atoms with van der Waals surface area (Å²) in [6, 6.07) is -0.407. The SMILES string of the molecule is NCCCC[C@H](NN=C(N)N)C(=O)[NH2+]CCN.[Cl-]. The minimum atomic E-state index is -0.407. The predicted octanol–water partition coefficient (Wildman–Crippen LogP) is -6.69. The van der Waals surface area contributed by atoms with Crippen molar-refractivity contribution in [3.05, 3.63) is 0 Å². The number of quaternary nitrogens is 1. The molecule has 0 saturated heterocycles. The number of nitrogens with two attached hydrogens (primary N) is 5. The number of nitrogens with one attached hydrogen (secondary N) is 1. The highest BCUT2D eigenvalue weighted by molar-refractivity contribution is 5.76. The monoisotopic (exact) mass is 281 g/mol. The third kappa shape index (κ3) is 10.1. The summed E-state index contributed by atoms with van der Waals surface area (Å²) >= 11 is 0. The number of halogens is 1. The molecule has 11 N–H and O–H groups in total. The lowest BCUT2D eigenvalue weighted by Crippen LogP contribution is -3.00. The van der Waals surface area contributed by atoms with Crippen LogP contribution in [0.15, 0.2) is 5.10 Å². The Balaban J connectivity index is 0. The second kappa shape index (κ2) is 12.4. The van der Waals surface area contributed by atoms with E-state index >= 15 is 0 Å². The van der Waals surface area contributed by atoms with E-state index in [1.165, 1.54) is 0 Å². The molecule has 0 aliphatic carbocycles. The molecule has 0 aliphatic heterocycles. The van der Waals surface area contributed by atoms with Gasteiger partial charge in [-0.1, -0.05) is 0 Å². The first kappa shape index (κ1) is 19.3. The Hall–Kier alpha value is -1.09. The van der Waals surface area contributed by atoms with Crippen LogP contribution < -0.4 is 46.1 Å². The van der Waals surface area contributed by atoms with Gasteiger partial charge in [-0.25, -0.2) is 4.79 Å². The van der Waals surface area contributed by atoms with Crippen molar-refractivity contribution in [1.82, 2.24) is 5.43 Å². The van der Waals surface area contributed by atoms with Crippen LogP contribution in [0.3, 0.4) is 0 Å². The van der Waals surface area contributed by atoms with Gasteiger partial charge in [-0.05, 0) is 25.8 Å². The molecule has 9 heteroatoms. The maximum absolute atomic E-state index is 11.8. The highest BCUT2D eigenvalue weighted by atomic mass is 35.5. The van der Waals surface area contributed by atoms with Gasteiger partial charge in [0.2, 0.25) is 5.96 Å². The maximum Gasteiger partial charge on any atom is 0.334 e. The highest BCUT2D eigenvalue weighted by Gasteiger charge is 2.20. The molecule has 0 radical (unpaired) electrons. The molecular formula is C9H24ClN7O. The van der Waals surface area contributed by atoms with E-state index in [1.807, 2.05) is 0 Å². The van der Waals surface area contributed by atoms with Gasteiger partial charge in [-0.2, -0.15) is 0 Å². The molecule has 0 unspecified atom stereocenters. The minimum absolute atomic E-state index is 0. The van der Waals surface area contributed by atoms with Crippen molar-refractivity contribution in [2.24, 2.45) is 28.0 Å². The first-order chi connectivity index (χ1) is 8.11. The number of carbonyl (C=O) groups is 1. The summed E-state index contributed by atoms with van der Waals surface area (Å²) in [7, 11) is 0. The van der Waals surface area contributed by atoms with Crippen LogP contribution in [0.5, 0.6) is 0 Å². The van der Waals surface area contributed by atoms with Crippen LogP contribution in [0.4, 0.5) is 0 Å². The van der Waals surface area contributed by atoms with E-state index in [0.717, 1.165) is 12.8 Å². The van der Waals surface area contributed by atoms with Crippen LogP contribution in [0, 0.1) is 0 Å². The summed E-state index contributed by atoms with van der Waals surface area (Å²) in [6.07, 6.45) is 2.36. The maximum atomic E-state index is 11.8. The molecule has 0 bridgehead atoms. The fourth-order valence-corrected chi connectivity index (χ4v) is 1.28. The number of rotatable bonds is 9. The smallest absolute Gasteiger partial charge is 0.334 e. The largest absolute Gasteiger partial charge is 1.00 e. The summed E-state index contributed by atoms with van der Waals surface area (Å²) in [6.45, 7) is 1.61. The molecule has 0 heterocycles. The number of hydrogen-bond acceptors (Lipinski definition) is 5. The van der Waals surface area contributed by atoms with E-state index in [2.05, 4.69) is 10.5 Å². The molecule has 0 spiro atoms. The zero-order chi connectivity index (χ0) is 13.1. The molecule has 8 nitrogen and oxygen atoms in total. The van der Waals surface area contributed by atoms with Gasteiger partial charge >= 0.3 is 5.91 Å². The molecule has 1 atom stereocenters. The Bertz CT molecular complexity index is 245. The van der Waals surface area contributed by atoms with Crippen molar-refractivity contribution < 1.29 is 22.5 Å². The number of primary amides is 1. The molecule has 0 aliphatic rings. The lowest BCUT2D eigenvalue weighted by atomic mass is 10.1. The molecule has 18 heavy (non-hydrogen) atoms. The number of amides is 1. The van der Waals surface area contributed by atoms with Crippen molar-refractivity contribution in [2.75, 3.05) is 19.6 Å².